The van der Waals surface area contributed by atoms with E-state index in [9.17, 15) is 9.59 Å². The average molecular weight is 350 g/mol. The summed E-state index contributed by atoms with van der Waals surface area (Å²) in [5.41, 5.74) is 0. The van der Waals surface area contributed by atoms with E-state index in [0.29, 0.717) is 5.92 Å². The highest BCUT2D eigenvalue weighted by molar-refractivity contribution is 5.88. The number of carbonyl (C=O) groups excluding carboxylic acids is 2. The lowest BCUT2D eigenvalue weighted by molar-refractivity contribution is -0.139. The maximum atomic E-state index is 12.7. The van der Waals surface area contributed by atoms with E-state index in [1.807, 2.05) is 18.7 Å². The van der Waals surface area contributed by atoms with Gasteiger partial charge in [-0.25, -0.2) is 0 Å². The second kappa shape index (κ2) is 11.6. The molecule has 1 aliphatic rings. The van der Waals surface area contributed by atoms with Crippen molar-refractivity contribution >= 4 is 24.2 Å². The Labute approximate surface area is 146 Å². The van der Waals surface area contributed by atoms with Gasteiger partial charge in [0.05, 0.1) is 0 Å². The molecule has 1 fully saturated rings. The molecule has 0 aliphatic carbocycles. The number of hydrogen-bond donors (Lipinski definition) is 2. The van der Waals surface area contributed by atoms with Crippen LogP contribution in [0.2, 0.25) is 0 Å². The van der Waals surface area contributed by atoms with Gasteiger partial charge in [0.1, 0.15) is 12.6 Å². The molecule has 0 aromatic heterocycles. The largest absolute Gasteiger partial charge is 0.375 e. The molecule has 0 bridgehead atoms. The van der Waals surface area contributed by atoms with Crippen LogP contribution in [-0.2, 0) is 14.3 Å². The number of likely N-dealkylation sites (tertiary alicyclic amines) is 1. The Morgan fingerprint density at radius 3 is 2.35 bits per heavy atom. The number of amides is 2. The van der Waals surface area contributed by atoms with Crippen molar-refractivity contribution < 1.29 is 14.3 Å². The van der Waals surface area contributed by atoms with E-state index in [0.717, 1.165) is 39.0 Å². The van der Waals surface area contributed by atoms with Crippen LogP contribution in [0.25, 0.3) is 0 Å². The molecule has 1 aliphatic heterocycles. The van der Waals surface area contributed by atoms with Crippen molar-refractivity contribution in [1.29, 1.82) is 0 Å². The predicted octanol–water partition coefficient (Wildman–Crippen LogP) is 1.04. The number of ether oxygens (including phenoxy) is 1. The maximum absolute atomic E-state index is 12.7. The lowest BCUT2D eigenvalue weighted by Gasteiger charge is -2.35. The highest BCUT2D eigenvalue weighted by Crippen LogP contribution is 2.18. The van der Waals surface area contributed by atoms with E-state index in [-0.39, 0.29) is 36.7 Å². The Morgan fingerprint density at radius 2 is 1.87 bits per heavy atom. The van der Waals surface area contributed by atoms with Gasteiger partial charge < -0.3 is 20.3 Å². The van der Waals surface area contributed by atoms with Crippen molar-refractivity contribution in [3.05, 3.63) is 0 Å². The van der Waals surface area contributed by atoms with Crippen LogP contribution in [0.15, 0.2) is 0 Å². The van der Waals surface area contributed by atoms with Crippen LogP contribution in [0.4, 0.5) is 0 Å². The third kappa shape index (κ3) is 7.50. The van der Waals surface area contributed by atoms with Crippen molar-refractivity contribution in [2.24, 2.45) is 11.8 Å². The zero-order chi connectivity index (χ0) is 16.5. The van der Waals surface area contributed by atoms with Gasteiger partial charge in [0.25, 0.3) is 0 Å². The Bertz CT molecular complexity index is 358. The summed E-state index contributed by atoms with van der Waals surface area (Å²) >= 11 is 0. The molecule has 2 amide bonds. The molecule has 0 unspecified atom stereocenters. The number of nitrogens with zero attached hydrogens (tertiary/aromatic N) is 1. The third-order valence-electron chi connectivity index (χ3n) is 4.13. The van der Waals surface area contributed by atoms with Crippen molar-refractivity contribution in [3.8, 4) is 0 Å². The van der Waals surface area contributed by atoms with Crippen LogP contribution in [0, 0.1) is 11.8 Å². The summed E-state index contributed by atoms with van der Waals surface area (Å²) in [7, 11) is 1.47. The summed E-state index contributed by atoms with van der Waals surface area (Å²) in [6.45, 7) is 9.56. The summed E-state index contributed by atoms with van der Waals surface area (Å²) < 4.78 is 4.82. The molecule has 1 rings (SSSR count). The first-order valence-electron chi connectivity index (χ1n) is 8.27. The number of hydrogen-bond acceptors (Lipinski definition) is 4. The van der Waals surface area contributed by atoms with Crippen molar-refractivity contribution in [3.63, 3.8) is 0 Å². The van der Waals surface area contributed by atoms with Gasteiger partial charge >= 0.3 is 0 Å². The number of carbonyl (C=O) groups is 2. The molecule has 1 heterocycles. The molecule has 23 heavy (non-hydrogen) atoms. The monoisotopic (exact) mass is 349 g/mol. The number of halogens is 1. The molecule has 0 spiro atoms. The Morgan fingerprint density at radius 1 is 1.26 bits per heavy atom. The zero-order valence-electron chi connectivity index (χ0n) is 14.8. The van der Waals surface area contributed by atoms with Gasteiger partial charge in [-0.2, -0.15) is 0 Å². The molecule has 0 radical (unpaired) electrons. The molecule has 7 heteroatoms. The summed E-state index contributed by atoms with van der Waals surface area (Å²) in [6, 6.07) is -0.465. The van der Waals surface area contributed by atoms with Crippen molar-refractivity contribution in [1.82, 2.24) is 15.5 Å². The average Bonchev–Trinajstić information content (AvgIpc) is 2.50. The Kier molecular flexibility index (Phi) is 11.2. The molecule has 6 nitrogen and oxygen atoms in total. The molecule has 1 atom stereocenters. The Hall–Kier alpha value is -0.850. The highest BCUT2D eigenvalue weighted by Gasteiger charge is 2.30. The van der Waals surface area contributed by atoms with Gasteiger partial charge in [0.15, 0.2) is 0 Å². The lowest BCUT2D eigenvalue weighted by Crippen LogP contribution is -2.53. The summed E-state index contributed by atoms with van der Waals surface area (Å²) in [6.07, 6.45) is 2.05. The van der Waals surface area contributed by atoms with E-state index < -0.39 is 6.04 Å². The molecular weight excluding hydrogens is 318 g/mol. The minimum absolute atomic E-state index is 0. The normalized spacial score (nSPS) is 16.8. The molecule has 136 valence electrons. The number of methoxy groups -OCH3 is 1. The van der Waals surface area contributed by atoms with Crippen molar-refractivity contribution in [2.75, 3.05) is 39.9 Å². The number of nitrogens with one attached hydrogen (secondary N) is 2. The molecule has 2 N–H and O–H groups in total. The topological polar surface area (TPSA) is 70.7 Å². The fourth-order valence-corrected chi connectivity index (χ4v) is 2.76. The molecule has 0 aromatic carbocycles. The molecule has 1 saturated heterocycles. The maximum Gasteiger partial charge on any atom is 0.246 e. The number of rotatable bonds is 8. The van der Waals surface area contributed by atoms with Gasteiger partial charge in [-0.1, -0.05) is 20.8 Å². The smallest absolute Gasteiger partial charge is 0.246 e. The number of piperidine rings is 1. The minimum atomic E-state index is -0.465. The van der Waals surface area contributed by atoms with E-state index in [1.54, 1.807) is 0 Å². The second-order valence-corrected chi connectivity index (χ2v) is 6.30. The molecule has 0 saturated carbocycles. The van der Waals surface area contributed by atoms with Crippen LogP contribution in [0.3, 0.4) is 0 Å². The van der Waals surface area contributed by atoms with E-state index in [4.69, 9.17) is 4.74 Å². The zero-order valence-corrected chi connectivity index (χ0v) is 15.6. The van der Waals surface area contributed by atoms with E-state index in [1.165, 1.54) is 7.11 Å². The first kappa shape index (κ1) is 22.1. The van der Waals surface area contributed by atoms with Gasteiger partial charge in [-0.05, 0) is 37.8 Å². The van der Waals surface area contributed by atoms with Crippen molar-refractivity contribution in [2.45, 2.75) is 39.7 Å². The summed E-state index contributed by atoms with van der Waals surface area (Å²) in [5.74, 6) is 0.496. The Balaban J connectivity index is 0.00000484. The van der Waals surface area contributed by atoms with E-state index >= 15 is 0 Å². The molecular formula is C16H32ClN3O3. The minimum Gasteiger partial charge on any atom is -0.375 e. The first-order chi connectivity index (χ1) is 10.5. The first-order valence-corrected chi connectivity index (χ1v) is 8.27. The van der Waals surface area contributed by atoms with Gasteiger partial charge in [0.2, 0.25) is 11.8 Å². The van der Waals surface area contributed by atoms with Crippen LogP contribution in [0.5, 0.6) is 0 Å². The fraction of sp³-hybridized carbons (Fsp3) is 0.875. The lowest BCUT2D eigenvalue weighted by atomic mass is 9.95. The van der Waals surface area contributed by atoms with E-state index in [2.05, 4.69) is 17.6 Å². The highest BCUT2D eigenvalue weighted by atomic mass is 35.5. The van der Waals surface area contributed by atoms with Crippen LogP contribution < -0.4 is 10.6 Å². The van der Waals surface area contributed by atoms with Gasteiger partial charge in [-0.15, -0.1) is 12.4 Å². The summed E-state index contributed by atoms with van der Waals surface area (Å²) in [5, 5.41) is 6.16. The third-order valence-corrected chi connectivity index (χ3v) is 4.13. The standard InChI is InChI=1S/C16H31N3O3.ClH/c1-5-17-10-13-6-8-19(9-7-13)16(21)15(12(2)3)18-14(20)11-22-4;/h12-13,15,17H,5-11H2,1-4H3,(H,18,20);1H/t15-;/m0./s1. The van der Waals surface area contributed by atoms with Gasteiger partial charge in [-0.3, -0.25) is 9.59 Å². The van der Waals surface area contributed by atoms with Crippen LogP contribution in [0.1, 0.15) is 33.6 Å². The van der Waals surface area contributed by atoms with Gasteiger partial charge in [0, 0.05) is 20.2 Å². The van der Waals surface area contributed by atoms with Crippen LogP contribution in [-0.4, -0.2) is 62.7 Å². The summed E-state index contributed by atoms with van der Waals surface area (Å²) in [4.78, 5) is 26.2. The fourth-order valence-electron chi connectivity index (χ4n) is 2.76. The SMILES string of the molecule is CCNCC1CCN(C(=O)[C@@H](NC(=O)COC)C(C)C)CC1.Cl. The predicted molar refractivity (Wildman–Crippen MR) is 93.7 cm³/mol. The van der Waals surface area contributed by atoms with Crippen LogP contribution >= 0.6 is 12.4 Å². The molecule has 0 aromatic rings. The quantitative estimate of drug-likeness (QED) is 0.687. The second-order valence-electron chi connectivity index (χ2n) is 6.30.